The first kappa shape index (κ1) is 17.8. The highest BCUT2D eigenvalue weighted by atomic mass is 32.1. The molecule has 3 aromatic rings. The van der Waals surface area contributed by atoms with Gasteiger partial charge in [-0.3, -0.25) is 14.2 Å². The third-order valence-corrected chi connectivity index (χ3v) is 4.74. The summed E-state index contributed by atoms with van der Waals surface area (Å²) in [6.45, 7) is 3.34. The highest BCUT2D eigenvalue weighted by Gasteiger charge is 2.18. The van der Waals surface area contributed by atoms with Gasteiger partial charge in [0.15, 0.2) is 0 Å². The quantitative estimate of drug-likeness (QED) is 0.699. The van der Waals surface area contributed by atoms with E-state index in [2.05, 4.69) is 20.6 Å². The van der Waals surface area contributed by atoms with Crippen molar-refractivity contribution < 1.29 is 9.59 Å². The van der Waals surface area contributed by atoms with Crippen LogP contribution >= 0.6 is 11.3 Å². The third-order valence-electron chi connectivity index (χ3n) is 3.76. The van der Waals surface area contributed by atoms with Crippen LogP contribution in [0.2, 0.25) is 0 Å². The Hall–Kier alpha value is -3.00. The van der Waals surface area contributed by atoms with E-state index in [9.17, 15) is 9.59 Å². The molecule has 134 valence electrons. The Morgan fingerprint density at radius 1 is 1.27 bits per heavy atom. The number of amides is 2. The van der Waals surface area contributed by atoms with Crippen LogP contribution in [0.25, 0.3) is 5.82 Å². The average molecular weight is 369 g/mol. The van der Waals surface area contributed by atoms with Crippen molar-refractivity contribution in [1.29, 1.82) is 0 Å². The third kappa shape index (κ3) is 4.34. The summed E-state index contributed by atoms with van der Waals surface area (Å²) in [5, 5.41) is 7.56. The summed E-state index contributed by atoms with van der Waals surface area (Å²) in [5.74, 6) is 1.21. The first-order valence-electron chi connectivity index (χ1n) is 8.09. The van der Waals surface area contributed by atoms with Gasteiger partial charge in [-0.1, -0.05) is 6.07 Å². The maximum Gasteiger partial charge on any atom is 0.226 e. The second-order valence-electron chi connectivity index (χ2n) is 5.77. The Bertz CT molecular complexity index is 887. The van der Waals surface area contributed by atoms with Crippen molar-refractivity contribution in [1.82, 2.24) is 19.9 Å². The van der Waals surface area contributed by atoms with E-state index in [1.54, 1.807) is 18.5 Å². The topological polar surface area (TPSA) is 88.9 Å². The van der Waals surface area contributed by atoms with Gasteiger partial charge in [-0.25, -0.2) is 9.97 Å². The zero-order valence-electron chi connectivity index (χ0n) is 14.5. The molecule has 0 fully saturated rings. The van der Waals surface area contributed by atoms with E-state index in [1.165, 1.54) is 18.3 Å². The van der Waals surface area contributed by atoms with Gasteiger partial charge >= 0.3 is 0 Å². The van der Waals surface area contributed by atoms with Crippen LogP contribution in [0.5, 0.6) is 0 Å². The molecule has 0 aliphatic carbocycles. The number of carbonyl (C=O) groups is 2. The Labute approximate surface area is 155 Å². The molecule has 0 radical (unpaired) electrons. The molecule has 0 spiro atoms. The second-order valence-corrected chi connectivity index (χ2v) is 6.75. The lowest BCUT2D eigenvalue weighted by atomic mass is 10.1. The average Bonchev–Trinajstić information content (AvgIpc) is 3.26. The normalized spacial score (nSPS) is 11.8. The number of carbonyl (C=O) groups excluding carboxylic acids is 2. The summed E-state index contributed by atoms with van der Waals surface area (Å²) in [6.07, 6.45) is 5.29. The first-order valence-corrected chi connectivity index (χ1v) is 8.97. The Kier molecular flexibility index (Phi) is 5.43. The number of nitrogens with one attached hydrogen (secondary N) is 2. The van der Waals surface area contributed by atoms with Crippen LogP contribution in [0.4, 0.5) is 5.69 Å². The molecule has 3 rings (SSSR count). The molecular weight excluding hydrogens is 350 g/mol. The molecule has 0 aromatic carbocycles. The van der Waals surface area contributed by atoms with E-state index >= 15 is 0 Å². The van der Waals surface area contributed by atoms with E-state index in [0.717, 1.165) is 16.5 Å². The van der Waals surface area contributed by atoms with Crippen molar-refractivity contribution >= 4 is 28.8 Å². The lowest BCUT2D eigenvalue weighted by molar-refractivity contribution is -0.120. The van der Waals surface area contributed by atoms with Crippen molar-refractivity contribution in [2.75, 3.05) is 5.32 Å². The van der Waals surface area contributed by atoms with E-state index in [0.29, 0.717) is 5.69 Å². The zero-order valence-corrected chi connectivity index (χ0v) is 15.3. The fraction of sp³-hybridized carbons (Fsp3) is 0.222. The fourth-order valence-electron chi connectivity index (χ4n) is 2.58. The van der Waals surface area contributed by atoms with Gasteiger partial charge in [-0.05, 0) is 30.5 Å². The first-order chi connectivity index (χ1) is 12.5. The maximum absolute atomic E-state index is 12.4. The van der Waals surface area contributed by atoms with Gasteiger partial charge in [0.2, 0.25) is 11.8 Å². The summed E-state index contributed by atoms with van der Waals surface area (Å²) in [6, 6.07) is 7.07. The van der Waals surface area contributed by atoms with Gasteiger partial charge in [0.25, 0.3) is 0 Å². The largest absolute Gasteiger partial charge is 0.348 e. The molecule has 8 heteroatoms. The number of aromatic nitrogens is 3. The molecule has 1 atom stereocenters. The number of aryl methyl sites for hydroxylation is 1. The molecule has 3 aromatic heterocycles. The number of anilines is 1. The Morgan fingerprint density at radius 3 is 2.69 bits per heavy atom. The summed E-state index contributed by atoms with van der Waals surface area (Å²) in [4.78, 5) is 33.2. The molecule has 0 saturated carbocycles. The monoisotopic (exact) mass is 369 g/mol. The number of rotatable bonds is 6. The number of hydrogen-bond donors (Lipinski definition) is 2. The minimum Gasteiger partial charge on any atom is -0.348 e. The highest BCUT2D eigenvalue weighted by Crippen LogP contribution is 2.22. The Balaban J connectivity index is 1.65. The summed E-state index contributed by atoms with van der Waals surface area (Å²) < 4.78 is 1.86. The van der Waals surface area contributed by atoms with E-state index in [4.69, 9.17) is 0 Å². The van der Waals surface area contributed by atoms with Crippen LogP contribution < -0.4 is 10.6 Å². The minimum atomic E-state index is -0.340. The molecule has 0 aliphatic rings. The van der Waals surface area contributed by atoms with Crippen LogP contribution in [0.1, 0.15) is 30.1 Å². The molecule has 1 unspecified atom stereocenters. The van der Waals surface area contributed by atoms with Gasteiger partial charge in [0.1, 0.15) is 11.6 Å². The van der Waals surface area contributed by atoms with Crippen LogP contribution in [-0.4, -0.2) is 26.3 Å². The van der Waals surface area contributed by atoms with Crippen LogP contribution in [-0.2, 0) is 9.59 Å². The maximum atomic E-state index is 12.4. The van der Waals surface area contributed by atoms with Crippen molar-refractivity contribution in [2.45, 2.75) is 26.3 Å². The van der Waals surface area contributed by atoms with Crippen molar-refractivity contribution in [3.8, 4) is 5.82 Å². The minimum absolute atomic E-state index is 0.155. The van der Waals surface area contributed by atoms with Gasteiger partial charge in [0.05, 0.1) is 24.3 Å². The zero-order chi connectivity index (χ0) is 18.5. The van der Waals surface area contributed by atoms with E-state index < -0.39 is 0 Å². The second kappa shape index (κ2) is 7.92. The van der Waals surface area contributed by atoms with Crippen molar-refractivity contribution in [2.24, 2.45) is 0 Å². The predicted octanol–water partition coefficient (Wildman–Crippen LogP) is 2.84. The number of nitrogens with zero attached hydrogens (tertiary/aromatic N) is 3. The fourth-order valence-corrected chi connectivity index (χ4v) is 3.36. The van der Waals surface area contributed by atoms with Crippen LogP contribution in [0.3, 0.4) is 0 Å². The lowest BCUT2D eigenvalue weighted by Gasteiger charge is -2.16. The molecule has 0 bridgehead atoms. The van der Waals surface area contributed by atoms with Crippen molar-refractivity contribution in [3.05, 3.63) is 58.9 Å². The van der Waals surface area contributed by atoms with Gasteiger partial charge in [0, 0.05) is 24.2 Å². The summed E-state index contributed by atoms with van der Waals surface area (Å²) in [7, 11) is 0. The highest BCUT2D eigenvalue weighted by molar-refractivity contribution is 7.10. The van der Waals surface area contributed by atoms with E-state index in [-0.39, 0.29) is 24.3 Å². The predicted molar refractivity (Wildman–Crippen MR) is 100 cm³/mol. The standard InChI is InChI=1S/C18H19N5O2S/c1-12-19-7-8-23(12)17-6-5-14(11-20-17)22-18(25)10-15(21-13(2)24)16-4-3-9-26-16/h3-9,11,15H,10H2,1-2H3,(H,21,24)(H,22,25). The summed E-state index contributed by atoms with van der Waals surface area (Å²) in [5.41, 5.74) is 0.601. The SMILES string of the molecule is CC(=O)NC(CC(=O)Nc1ccc(-n2ccnc2C)nc1)c1cccs1. The molecule has 0 saturated heterocycles. The molecule has 2 N–H and O–H groups in total. The number of thiophene rings is 1. The number of pyridine rings is 1. The Morgan fingerprint density at radius 2 is 2.12 bits per heavy atom. The number of hydrogen-bond acceptors (Lipinski definition) is 5. The molecular formula is C18H19N5O2S. The summed E-state index contributed by atoms with van der Waals surface area (Å²) >= 11 is 1.51. The van der Waals surface area contributed by atoms with Crippen molar-refractivity contribution in [3.63, 3.8) is 0 Å². The molecule has 3 heterocycles. The molecule has 7 nitrogen and oxygen atoms in total. The van der Waals surface area contributed by atoms with E-state index in [1.807, 2.05) is 41.3 Å². The lowest BCUT2D eigenvalue weighted by Crippen LogP contribution is -2.29. The molecule has 0 aliphatic heterocycles. The van der Waals surface area contributed by atoms with Gasteiger partial charge in [-0.15, -0.1) is 11.3 Å². The van der Waals surface area contributed by atoms with Gasteiger partial charge in [-0.2, -0.15) is 0 Å². The molecule has 26 heavy (non-hydrogen) atoms. The van der Waals surface area contributed by atoms with Gasteiger partial charge < -0.3 is 10.6 Å². The van der Waals surface area contributed by atoms with Crippen LogP contribution in [0.15, 0.2) is 48.2 Å². The number of imidazole rings is 1. The molecule has 2 amide bonds. The van der Waals surface area contributed by atoms with Crippen LogP contribution in [0, 0.1) is 6.92 Å². The smallest absolute Gasteiger partial charge is 0.226 e.